The number of nitrogens with zero attached hydrogens (tertiary/aromatic N) is 1. The summed E-state index contributed by atoms with van der Waals surface area (Å²) in [6, 6.07) is 67.2. The Morgan fingerprint density at radius 1 is 0.375 bits per heavy atom. The highest BCUT2D eigenvalue weighted by atomic mass is 32.1. The van der Waals surface area contributed by atoms with Crippen molar-refractivity contribution in [1.29, 1.82) is 0 Å². The molecular formula is C52H31NO2S. The fourth-order valence-corrected chi connectivity index (χ4v) is 9.87. The molecule has 56 heavy (non-hydrogen) atoms. The Labute approximate surface area is 325 Å². The van der Waals surface area contributed by atoms with Crippen molar-refractivity contribution in [2.45, 2.75) is 0 Å². The molecule has 0 N–H and O–H groups in total. The number of thiophene rings is 1. The number of hydrogen-bond donors (Lipinski definition) is 0. The largest absolute Gasteiger partial charge is 0.456 e. The summed E-state index contributed by atoms with van der Waals surface area (Å²) in [5, 5.41) is 9.34. The molecule has 4 heteroatoms. The number of fused-ring (bicyclic) bond motifs is 11. The third kappa shape index (κ3) is 4.70. The van der Waals surface area contributed by atoms with E-state index in [2.05, 4.69) is 181 Å². The van der Waals surface area contributed by atoms with E-state index in [0.717, 1.165) is 88.6 Å². The zero-order valence-electron chi connectivity index (χ0n) is 30.1. The summed E-state index contributed by atoms with van der Waals surface area (Å²) in [5.41, 5.74) is 11.3. The predicted octanol–water partition coefficient (Wildman–Crippen LogP) is 15.8. The summed E-state index contributed by atoms with van der Waals surface area (Å²) in [5.74, 6) is 0. The first kappa shape index (κ1) is 31.2. The summed E-state index contributed by atoms with van der Waals surface area (Å²) in [6.07, 6.45) is 0. The van der Waals surface area contributed by atoms with Crippen molar-refractivity contribution < 1.29 is 8.83 Å². The van der Waals surface area contributed by atoms with Crippen molar-refractivity contribution in [3.05, 3.63) is 188 Å². The lowest BCUT2D eigenvalue weighted by Crippen LogP contribution is -2.11. The molecule has 0 aliphatic carbocycles. The second-order valence-corrected chi connectivity index (χ2v) is 15.5. The Morgan fingerprint density at radius 2 is 1.02 bits per heavy atom. The monoisotopic (exact) mass is 733 g/mol. The van der Waals surface area contributed by atoms with Gasteiger partial charge in [-0.1, -0.05) is 133 Å². The van der Waals surface area contributed by atoms with E-state index < -0.39 is 0 Å². The first-order valence-electron chi connectivity index (χ1n) is 18.9. The van der Waals surface area contributed by atoms with Gasteiger partial charge in [-0.05, 0) is 71.1 Å². The lowest BCUT2D eigenvalue weighted by Gasteiger charge is -2.28. The lowest BCUT2D eigenvalue weighted by molar-refractivity contribution is 0.669. The van der Waals surface area contributed by atoms with E-state index >= 15 is 0 Å². The molecule has 0 fully saturated rings. The maximum absolute atomic E-state index is 6.90. The lowest BCUT2D eigenvalue weighted by atomic mass is 9.98. The fraction of sp³-hybridized carbons (Fsp3) is 0. The topological polar surface area (TPSA) is 29.5 Å². The molecule has 0 saturated heterocycles. The van der Waals surface area contributed by atoms with E-state index in [-0.39, 0.29) is 0 Å². The molecule has 262 valence electrons. The minimum Gasteiger partial charge on any atom is -0.456 e. The molecule has 0 bridgehead atoms. The van der Waals surface area contributed by atoms with Gasteiger partial charge in [0.05, 0.1) is 16.1 Å². The van der Waals surface area contributed by atoms with Crippen LogP contribution >= 0.6 is 11.3 Å². The van der Waals surface area contributed by atoms with Crippen LogP contribution in [0.4, 0.5) is 17.1 Å². The number of hydrogen-bond acceptors (Lipinski definition) is 4. The highest BCUT2D eigenvalue weighted by molar-refractivity contribution is 7.26. The highest BCUT2D eigenvalue weighted by Gasteiger charge is 2.23. The summed E-state index contributed by atoms with van der Waals surface area (Å²) < 4.78 is 15.7. The van der Waals surface area contributed by atoms with Crippen LogP contribution in [0.2, 0.25) is 0 Å². The van der Waals surface area contributed by atoms with Crippen molar-refractivity contribution in [2.75, 3.05) is 4.90 Å². The van der Waals surface area contributed by atoms with E-state index in [4.69, 9.17) is 8.83 Å². The van der Waals surface area contributed by atoms with Crippen LogP contribution in [0.25, 0.3) is 97.1 Å². The van der Waals surface area contributed by atoms with Crippen LogP contribution in [-0.2, 0) is 0 Å². The van der Waals surface area contributed by atoms with E-state index in [1.54, 1.807) is 0 Å². The molecule has 0 atom stereocenters. The zero-order valence-corrected chi connectivity index (χ0v) is 30.9. The van der Waals surface area contributed by atoms with Gasteiger partial charge >= 0.3 is 0 Å². The average molecular weight is 734 g/mol. The molecule has 0 amide bonds. The van der Waals surface area contributed by atoms with Crippen molar-refractivity contribution in [1.82, 2.24) is 0 Å². The molecule has 0 saturated carbocycles. The van der Waals surface area contributed by atoms with Crippen molar-refractivity contribution >= 4 is 103 Å². The van der Waals surface area contributed by atoms with Gasteiger partial charge < -0.3 is 13.7 Å². The Balaban J connectivity index is 1.06. The van der Waals surface area contributed by atoms with Gasteiger partial charge in [0.25, 0.3) is 0 Å². The number of anilines is 3. The van der Waals surface area contributed by atoms with Crippen LogP contribution < -0.4 is 4.90 Å². The summed E-state index contributed by atoms with van der Waals surface area (Å²) >= 11 is 1.85. The number of benzene rings is 9. The van der Waals surface area contributed by atoms with E-state index in [1.807, 2.05) is 23.5 Å². The van der Waals surface area contributed by atoms with Crippen molar-refractivity contribution in [2.24, 2.45) is 0 Å². The van der Waals surface area contributed by atoms with E-state index in [9.17, 15) is 0 Å². The number of furan rings is 2. The van der Waals surface area contributed by atoms with Crippen LogP contribution in [0.5, 0.6) is 0 Å². The van der Waals surface area contributed by atoms with Crippen molar-refractivity contribution in [3.63, 3.8) is 0 Å². The molecule has 3 aromatic heterocycles. The molecule has 12 rings (SSSR count). The molecule has 0 aliphatic rings. The molecule has 9 aromatic carbocycles. The van der Waals surface area contributed by atoms with Gasteiger partial charge in [-0.15, -0.1) is 11.3 Å². The van der Waals surface area contributed by atoms with Gasteiger partial charge in [-0.25, -0.2) is 0 Å². The van der Waals surface area contributed by atoms with E-state index in [1.165, 1.54) is 25.6 Å². The van der Waals surface area contributed by atoms with Gasteiger partial charge in [0.15, 0.2) is 0 Å². The second-order valence-electron chi connectivity index (χ2n) is 14.4. The molecule has 0 spiro atoms. The molecule has 3 heterocycles. The van der Waals surface area contributed by atoms with Gasteiger partial charge in [0.2, 0.25) is 0 Å². The van der Waals surface area contributed by atoms with Crippen LogP contribution in [0, 0.1) is 0 Å². The minimum absolute atomic E-state index is 0.891. The molecule has 0 radical (unpaired) electrons. The first-order valence-corrected chi connectivity index (χ1v) is 19.7. The number of para-hydroxylation sites is 3. The van der Waals surface area contributed by atoms with Crippen LogP contribution in [0.15, 0.2) is 197 Å². The Morgan fingerprint density at radius 3 is 1.95 bits per heavy atom. The zero-order chi connectivity index (χ0) is 36.7. The third-order valence-corrected chi connectivity index (χ3v) is 12.5. The predicted molar refractivity (Wildman–Crippen MR) is 237 cm³/mol. The van der Waals surface area contributed by atoms with Gasteiger partial charge in [-0.2, -0.15) is 0 Å². The van der Waals surface area contributed by atoms with Gasteiger partial charge in [-0.3, -0.25) is 0 Å². The molecule has 12 aromatic rings. The number of rotatable bonds is 5. The van der Waals surface area contributed by atoms with Crippen LogP contribution in [0.1, 0.15) is 0 Å². The maximum atomic E-state index is 6.90. The van der Waals surface area contributed by atoms with E-state index in [0.29, 0.717) is 0 Å². The second kappa shape index (κ2) is 12.2. The summed E-state index contributed by atoms with van der Waals surface area (Å²) in [4.78, 5) is 2.43. The Bertz CT molecular complexity index is 3500. The quantitative estimate of drug-likeness (QED) is 0.176. The van der Waals surface area contributed by atoms with Crippen LogP contribution in [-0.4, -0.2) is 0 Å². The maximum Gasteiger partial charge on any atom is 0.143 e. The van der Waals surface area contributed by atoms with Gasteiger partial charge in [0.1, 0.15) is 22.3 Å². The fourth-order valence-electron chi connectivity index (χ4n) is 8.66. The third-order valence-electron chi connectivity index (χ3n) is 11.3. The summed E-state index contributed by atoms with van der Waals surface area (Å²) in [7, 11) is 0. The Kier molecular flexibility index (Phi) is 6.80. The minimum atomic E-state index is 0.891. The molecule has 0 unspecified atom stereocenters. The molecular weight excluding hydrogens is 703 g/mol. The normalized spacial score (nSPS) is 11.9. The smallest absolute Gasteiger partial charge is 0.143 e. The first-order chi connectivity index (χ1) is 27.8. The Hall–Kier alpha value is -7.14. The standard InChI is InChI=1S/C52H31NO2S/c1-2-12-36-33(11-1)25-30-43-42-17-9-16-41(51(42)55-50(36)43)37-13-3-6-19-45(37)53(46-20-10-18-44-40-15-5-8-22-49(40)56-52(44)46)35-27-23-32(24-28-35)34-26-29-39-38-14-4-7-21-47(38)54-48(39)31-34/h1-31H. The summed E-state index contributed by atoms with van der Waals surface area (Å²) in [6.45, 7) is 0. The molecule has 0 aliphatic heterocycles. The van der Waals surface area contributed by atoms with Crippen molar-refractivity contribution in [3.8, 4) is 22.3 Å². The van der Waals surface area contributed by atoms with Gasteiger partial charge in [0, 0.05) is 59.2 Å². The SMILES string of the molecule is c1ccc(N(c2ccc(-c3ccc4c(c3)oc3ccccc34)cc2)c2cccc3c2sc2ccccc23)c(-c2cccc3c2oc2c4ccccc4ccc32)c1. The molecule has 3 nitrogen and oxygen atoms in total. The average Bonchev–Trinajstić information content (AvgIpc) is 3.96. The highest BCUT2D eigenvalue weighted by Crippen LogP contribution is 2.49. The van der Waals surface area contributed by atoms with Crippen LogP contribution in [0.3, 0.4) is 0 Å².